The van der Waals surface area contributed by atoms with Gasteiger partial charge in [-0.25, -0.2) is 4.57 Å². The Labute approximate surface area is 127 Å². The summed E-state index contributed by atoms with van der Waals surface area (Å²) in [5.41, 5.74) is 0. The summed E-state index contributed by atoms with van der Waals surface area (Å²) in [4.78, 5) is 16.7. The zero-order valence-corrected chi connectivity index (χ0v) is 12.4. The minimum atomic E-state index is -4.52. The summed E-state index contributed by atoms with van der Waals surface area (Å²) in [6, 6.07) is 21.9. The summed E-state index contributed by atoms with van der Waals surface area (Å²) >= 11 is 0. The number of phenols is 1. The molecule has 0 saturated carbocycles. The van der Waals surface area contributed by atoms with E-state index < -0.39 is 7.82 Å². The van der Waals surface area contributed by atoms with E-state index in [1.807, 2.05) is 0 Å². The molecule has 0 saturated heterocycles. The number of hydrogen-bond acceptors (Lipinski definition) is 3. The molecular weight excluding hydrogens is 303 g/mol. The van der Waals surface area contributed by atoms with Crippen LogP contribution in [0.5, 0.6) is 11.5 Å². The Kier molecular flexibility index (Phi) is 5.17. The highest BCUT2D eigenvalue weighted by molar-refractivity contribution is 7.46. The van der Waals surface area contributed by atoms with Crippen LogP contribution in [0.1, 0.15) is 0 Å². The lowest BCUT2D eigenvalue weighted by Crippen LogP contribution is -1.89. The van der Waals surface area contributed by atoms with Gasteiger partial charge in [-0.15, -0.1) is 0 Å². The summed E-state index contributed by atoms with van der Waals surface area (Å²) in [5.74, 6) is -0.177. The number of hydrogen-bond donors (Lipinski definition) is 3. The topological polar surface area (TPSA) is 87.0 Å². The molecule has 0 aliphatic carbocycles. The first-order valence-electron chi connectivity index (χ1n) is 6.42. The summed E-state index contributed by atoms with van der Waals surface area (Å²) < 4.78 is 14.5. The van der Waals surface area contributed by atoms with Crippen LogP contribution >= 0.6 is 7.82 Å². The van der Waals surface area contributed by atoms with Crippen LogP contribution < -0.4 is 4.52 Å². The molecule has 3 aromatic carbocycles. The lowest BCUT2D eigenvalue weighted by molar-refractivity contribution is 0.283. The van der Waals surface area contributed by atoms with E-state index in [-0.39, 0.29) is 11.5 Å². The van der Waals surface area contributed by atoms with Gasteiger partial charge in [0.1, 0.15) is 11.5 Å². The number of phenolic OH excluding ortho intramolecular Hbond substituents is 1. The summed E-state index contributed by atoms with van der Waals surface area (Å²) in [5, 5.41) is 11.5. The standard InChI is InChI=1S/C10H8.C6H7O5P/c1-2-6-10-8-4-3-7-9(10)5-1;7-5-2-1-3-6(4-5)11-12(8,9)10/h1-8H;1-4,7H,(H2,8,9,10). The lowest BCUT2D eigenvalue weighted by Gasteiger charge is -2.05. The van der Waals surface area contributed by atoms with E-state index in [0.717, 1.165) is 6.07 Å². The van der Waals surface area contributed by atoms with Crippen LogP contribution in [-0.2, 0) is 4.57 Å². The normalized spacial score (nSPS) is 10.6. The molecule has 114 valence electrons. The van der Waals surface area contributed by atoms with Gasteiger partial charge in [-0.3, -0.25) is 9.79 Å². The molecule has 0 atom stereocenters. The molecule has 0 aliphatic heterocycles. The van der Waals surface area contributed by atoms with Gasteiger partial charge in [-0.05, 0) is 22.9 Å². The van der Waals surface area contributed by atoms with E-state index in [9.17, 15) is 4.57 Å². The molecule has 0 unspecified atom stereocenters. The van der Waals surface area contributed by atoms with Crippen molar-refractivity contribution >= 4 is 18.6 Å². The Morgan fingerprint density at radius 1 is 0.773 bits per heavy atom. The van der Waals surface area contributed by atoms with Crippen molar-refractivity contribution in [3.63, 3.8) is 0 Å². The van der Waals surface area contributed by atoms with Crippen molar-refractivity contribution in [3.05, 3.63) is 72.8 Å². The van der Waals surface area contributed by atoms with Crippen LogP contribution in [0.15, 0.2) is 72.8 Å². The van der Waals surface area contributed by atoms with Crippen LogP contribution in [0.3, 0.4) is 0 Å². The quantitative estimate of drug-likeness (QED) is 0.627. The van der Waals surface area contributed by atoms with Gasteiger partial charge < -0.3 is 9.63 Å². The molecule has 3 N–H and O–H groups in total. The van der Waals surface area contributed by atoms with Gasteiger partial charge in [0.15, 0.2) is 0 Å². The molecule has 0 bridgehead atoms. The summed E-state index contributed by atoms with van der Waals surface area (Å²) in [6.07, 6.45) is 0. The summed E-state index contributed by atoms with van der Waals surface area (Å²) in [6.45, 7) is 0. The predicted molar refractivity (Wildman–Crippen MR) is 84.7 cm³/mol. The third kappa shape index (κ3) is 5.22. The average Bonchev–Trinajstić information content (AvgIpc) is 2.46. The molecule has 0 spiro atoms. The van der Waals surface area contributed by atoms with Crippen LogP contribution in [0.4, 0.5) is 0 Å². The highest BCUT2D eigenvalue weighted by atomic mass is 31.2. The highest BCUT2D eigenvalue weighted by Gasteiger charge is 2.15. The second-order valence-corrected chi connectivity index (χ2v) is 5.59. The molecule has 0 radical (unpaired) electrons. The fourth-order valence-corrected chi connectivity index (χ4v) is 2.20. The smallest absolute Gasteiger partial charge is 0.508 e. The molecule has 3 aromatic rings. The Hall–Kier alpha value is -2.33. The van der Waals surface area contributed by atoms with Crippen LogP contribution in [0, 0.1) is 0 Å². The molecule has 0 fully saturated rings. The first kappa shape index (κ1) is 16.0. The Morgan fingerprint density at radius 2 is 1.27 bits per heavy atom. The van der Waals surface area contributed by atoms with Crippen LogP contribution in [0.2, 0.25) is 0 Å². The number of benzene rings is 3. The van der Waals surface area contributed by atoms with Gasteiger partial charge in [-0.1, -0.05) is 54.6 Å². The van der Waals surface area contributed by atoms with E-state index in [0.29, 0.717) is 0 Å². The molecular formula is C16H15O5P. The molecule has 0 amide bonds. The zero-order chi connectivity index (χ0) is 16.0. The van der Waals surface area contributed by atoms with Crippen molar-refractivity contribution in [1.29, 1.82) is 0 Å². The van der Waals surface area contributed by atoms with E-state index in [2.05, 4.69) is 53.1 Å². The molecule has 5 nitrogen and oxygen atoms in total. The first-order chi connectivity index (χ1) is 10.4. The van der Waals surface area contributed by atoms with Crippen LogP contribution in [-0.4, -0.2) is 14.9 Å². The van der Waals surface area contributed by atoms with E-state index >= 15 is 0 Å². The van der Waals surface area contributed by atoms with Gasteiger partial charge in [0.05, 0.1) is 0 Å². The van der Waals surface area contributed by atoms with Crippen LogP contribution in [0.25, 0.3) is 10.8 Å². The first-order valence-corrected chi connectivity index (χ1v) is 7.95. The van der Waals surface area contributed by atoms with Crippen molar-refractivity contribution in [3.8, 4) is 11.5 Å². The minimum Gasteiger partial charge on any atom is -0.508 e. The molecule has 3 rings (SSSR count). The van der Waals surface area contributed by atoms with E-state index in [1.54, 1.807) is 0 Å². The summed E-state index contributed by atoms with van der Waals surface area (Å²) in [7, 11) is -4.52. The molecule has 0 aromatic heterocycles. The Bertz CT molecular complexity index is 732. The molecule has 0 aliphatic rings. The Morgan fingerprint density at radius 3 is 1.68 bits per heavy atom. The Balaban J connectivity index is 0.000000162. The van der Waals surface area contributed by atoms with Crippen molar-refractivity contribution in [1.82, 2.24) is 0 Å². The number of phosphoric ester groups is 1. The maximum absolute atomic E-state index is 10.3. The maximum atomic E-state index is 10.3. The maximum Gasteiger partial charge on any atom is 0.524 e. The van der Waals surface area contributed by atoms with Crippen molar-refractivity contribution < 1.29 is 24.0 Å². The van der Waals surface area contributed by atoms with Crippen molar-refractivity contribution in [2.75, 3.05) is 0 Å². The predicted octanol–water partition coefficient (Wildman–Crippen LogP) is 3.70. The largest absolute Gasteiger partial charge is 0.524 e. The SMILES string of the molecule is O=P(O)(O)Oc1cccc(O)c1.c1ccc2ccccc2c1. The average molecular weight is 318 g/mol. The molecule has 0 heterocycles. The van der Waals surface area contributed by atoms with E-state index in [4.69, 9.17) is 14.9 Å². The third-order valence-corrected chi connectivity index (χ3v) is 3.15. The van der Waals surface area contributed by atoms with Gasteiger partial charge in [0.25, 0.3) is 0 Å². The van der Waals surface area contributed by atoms with Gasteiger partial charge in [0.2, 0.25) is 0 Å². The highest BCUT2D eigenvalue weighted by Crippen LogP contribution is 2.38. The van der Waals surface area contributed by atoms with Gasteiger partial charge in [-0.2, -0.15) is 0 Å². The number of aromatic hydroxyl groups is 1. The minimum absolute atomic E-state index is 0.0664. The van der Waals surface area contributed by atoms with Gasteiger partial charge in [0, 0.05) is 6.07 Å². The third-order valence-electron chi connectivity index (χ3n) is 2.70. The number of phosphoric acid groups is 1. The molecule has 22 heavy (non-hydrogen) atoms. The van der Waals surface area contributed by atoms with Gasteiger partial charge >= 0.3 is 7.82 Å². The molecule has 6 heteroatoms. The fraction of sp³-hybridized carbons (Fsp3) is 0. The zero-order valence-electron chi connectivity index (χ0n) is 11.5. The van der Waals surface area contributed by atoms with Crippen molar-refractivity contribution in [2.45, 2.75) is 0 Å². The number of fused-ring (bicyclic) bond motifs is 1. The lowest BCUT2D eigenvalue weighted by atomic mass is 10.1. The second-order valence-electron chi connectivity index (χ2n) is 4.43. The second kappa shape index (κ2) is 7.09. The van der Waals surface area contributed by atoms with E-state index in [1.165, 1.54) is 29.0 Å². The fourth-order valence-electron chi connectivity index (χ4n) is 1.81. The monoisotopic (exact) mass is 318 g/mol. The number of rotatable bonds is 2. The van der Waals surface area contributed by atoms with Crippen molar-refractivity contribution in [2.24, 2.45) is 0 Å².